The van der Waals surface area contributed by atoms with E-state index >= 15 is 0 Å². The lowest BCUT2D eigenvalue weighted by molar-refractivity contribution is 0.865. The van der Waals surface area contributed by atoms with Crippen LogP contribution in [0.3, 0.4) is 0 Å². The highest BCUT2D eigenvalue weighted by Crippen LogP contribution is 2.32. The monoisotopic (exact) mass is 412 g/mol. The van der Waals surface area contributed by atoms with E-state index in [2.05, 4.69) is 42.3 Å². The van der Waals surface area contributed by atoms with E-state index in [0.29, 0.717) is 11.5 Å². The van der Waals surface area contributed by atoms with Crippen molar-refractivity contribution in [3.8, 4) is 33.3 Å². The van der Waals surface area contributed by atoms with Crippen LogP contribution in [0.1, 0.15) is 5.82 Å². The number of rotatable bonds is 3. The molecule has 146 valence electrons. The molecule has 0 saturated carbocycles. The summed E-state index contributed by atoms with van der Waals surface area (Å²) >= 11 is 1.65. The maximum atomic E-state index is 4.86. The van der Waals surface area contributed by atoms with Crippen LogP contribution in [0.4, 0.5) is 0 Å². The molecule has 0 aromatic carbocycles. The number of aryl methyl sites for hydroxylation is 1. The third-order valence-corrected chi connectivity index (χ3v) is 6.19. The number of hydrogen-bond acceptors (Lipinski definition) is 6. The molecule has 6 heterocycles. The van der Waals surface area contributed by atoms with Gasteiger partial charge in [0, 0.05) is 25.0 Å². The minimum Gasteiger partial charge on any atom is -0.337 e. The van der Waals surface area contributed by atoms with Crippen molar-refractivity contribution in [1.29, 1.82) is 0 Å². The first-order valence-corrected chi connectivity index (χ1v) is 10.3. The normalized spacial score (nSPS) is 11.7. The predicted molar refractivity (Wildman–Crippen MR) is 117 cm³/mol. The molecular formula is C21H16N8S. The quantitative estimate of drug-likeness (QED) is 0.450. The number of aromatic amines is 2. The molecule has 0 aliphatic heterocycles. The summed E-state index contributed by atoms with van der Waals surface area (Å²) in [5.74, 6) is 1.65. The van der Waals surface area contributed by atoms with Crippen LogP contribution in [0, 0.1) is 6.92 Å². The van der Waals surface area contributed by atoms with Crippen LogP contribution in [0.5, 0.6) is 0 Å². The molecule has 0 radical (unpaired) electrons. The standard InChI is InChI=1S/C21H16N8S/c1-11-23-10-15(29(11)2)12-8-13-17(27-28-20(13)24-9-12)21-25-14-5-6-22-19(18(14)26-21)16-4-3-7-30-16/h3-10H,1-2H3,(H,25,26)(H,24,27,28). The van der Waals surface area contributed by atoms with Gasteiger partial charge in [-0.05, 0) is 30.5 Å². The molecule has 0 aliphatic carbocycles. The summed E-state index contributed by atoms with van der Waals surface area (Å²) in [5.41, 5.74) is 6.06. The van der Waals surface area contributed by atoms with Crippen molar-refractivity contribution in [3.05, 3.63) is 54.1 Å². The molecule has 0 aliphatic rings. The average Bonchev–Trinajstić information content (AvgIpc) is 3.54. The topological polar surface area (TPSA) is 101 Å². The lowest BCUT2D eigenvalue weighted by Gasteiger charge is -2.03. The second kappa shape index (κ2) is 6.33. The maximum Gasteiger partial charge on any atom is 0.181 e. The Balaban J connectivity index is 1.53. The molecule has 9 heteroatoms. The van der Waals surface area contributed by atoms with Gasteiger partial charge in [0.25, 0.3) is 0 Å². The molecular weight excluding hydrogens is 396 g/mol. The maximum absolute atomic E-state index is 4.86. The summed E-state index contributed by atoms with van der Waals surface area (Å²) in [5, 5.41) is 10.4. The second-order valence-electron chi connectivity index (χ2n) is 7.06. The Hall–Kier alpha value is -3.85. The smallest absolute Gasteiger partial charge is 0.181 e. The Morgan fingerprint density at radius 3 is 2.83 bits per heavy atom. The molecule has 6 rings (SSSR count). The van der Waals surface area contributed by atoms with Gasteiger partial charge in [0.2, 0.25) is 0 Å². The molecule has 0 unspecified atom stereocenters. The number of fused-ring (bicyclic) bond motifs is 2. The Labute approximate surface area is 174 Å². The van der Waals surface area contributed by atoms with Crippen LogP contribution in [0.15, 0.2) is 48.2 Å². The largest absolute Gasteiger partial charge is 0.337 e. The Bertz CT molecular complexity index is 1520. The zero-order valence-corrected chi connectivity index (χ0v) is 17.0. The first-order valence-electron chi connectivity index (χ1n) is 9.41. The number of H-pyrrole nitrogens is 2. The Kier molecular flexibility index (Phi) is 3.59. The number of hydrogen-bond donors (Lipinski definition) is 2. The first-order chi connectivity index (χ1) is 14.7. The Morgan fingerprint density at radius 2 is 2.03 bits per heavy atom. The van der Waals surface area contributed by atoms with Crippen molar-refractivity contribution in [1.82, 2.24) is 39.7 Å². The highest BCUT2D eigenvalue weighted by Gasteiger charge is 2.17. The Morgan fingerprint density at radius 1 is 1.10 bits per heavy atom. The van der Waals surface area contributed by atoms with Crippen molar-refractivity contribution in [2.24, 2.45) is 7.05 Å². The molecule has 8 nitrogen and oxygen atoms in total. The highest BCUT2D eigenvalue weighted by atomic mass is 32.1. The van der Waals surface area contributed by atoms with Gasteiger partial charge in [-0.1, -0.05) is 6.07 Å². The van der Waals surface area contributed by atoms with Crippen molar-refractivity contribution in [3.63, 3.8) is 0 Å². The molecule has 30 heavy (non-hydrogen) atoms. The SMILES string of the molecule is Cc1ncc(-c2cnc3n[nH]c(-c4nc5c(-c6cccs6)nccc5[nH]4)c3c2)n1C. The number of nitrogens with zero attached hydrogens (tertiary/aromatic N) is 6. The van der Waals surface area contributed by atoms with Gasteiger partial charge in [0.1, 0.15) is 22.7 Å². The van der Waals surface area contributed by atoms with E-state index in [9.17, 15) is 0 Å². The van der Waals surface area contributed by atoms with Crippen LogP contribution in [-0.4, -0.2) is 39.7 Å². The van der Waals surface area contributed by atoms with E-state index in [1.54, 1.807) is 17.5 Å². The van der Waals surface area contributed by atoms with Crippen molar-refractivity contribution < 1.29 is 0 Å². The average molecular weight is 412 g/mol. The van der Waals surface area contributed by atoms with Crippen LogP contribution in [-0.2, 0) is 7.05 Å². The molecule has 0 bridgehead atoms. The van der Waals surface area contributed by atoms with Gasteiger partial charge < -0.3 is 9.55 Å². The summed E-state index contributed by atoms with van der Waals surface area (Å²) in [6.45, 7) is 1.98. The minimum absolute atomic E-state index is 0.643. The van der Waals surface area contributed by atoms with Gasteiger partial charge >= 0.3 is 0 Å². The van der Waals surface area contributed by atoms with E-state index in [0.717, 1.165) is 49.8 Å². The lowest BCUT2D eigenvalue weighted by Crippen LogP contribution is -1.94. The van der Waals surface area contributed by atoms with Gasteiger partial charge in [-0.15, -0.1) is 11.3 Å². The molecule has 6 aromatic rings. The highest BCUT2D eigenvalue weighted by molar-refractivity contribution is 7.13. The molecule has 0 fully saturated rings. The summed E-state index contributed by atoms with van der Waals surface area (Å²) < 4.78 is 2.04. The van der Waals surface area contributed by atoms with Crippen LogP contribution >= 0.6 is 11.3 Å². The fraction of sp³-hybridized carbons (Fsp3) is 0.0952. The van der Waals surface area contributed by atoms with E-state index in [1.807, 2.05) is 48.4 Å². The molecule has 0 spiro atoms. The number of thiophene rings is 1. The van der Waals surface area contributed by atoms with Crippen LogP contribution in [0.25, 0.3) is 55.4 Å². The van der Waals surface area contributed by atoms with Gasteiger partial charge in [0.15, 0.2) is 11.5 Å². The molecule has 0 atom stereocenters. The third kappa shape index (κ3) is 2.49. The van der Waals surface area contributed by atoms with E-state index in [1.165, 1.54) is 0 Å². The molecule has 0 amide bonds. The fourth-order valence-corrected chi connectivity index (χ4v) is 4.36. The van der Waals surface area contributed by atoms with E-state index < -0.39 is 0 Å². The first kappa shape index (κ1) is 17.0. The van der Waals surface area contributed by atoms with Crippen molar-refractivity contribution >= 4 is 33.4 Å². The number of pyridine rings is 2. The molecule has 0 saturated heterocycles. The minimum atomic E-state index is 0.643. The molecule has 2 N–H and O–H groups in total. The predicted octanol–water partition coefficient (Wildman–Crippen LogP) is 4.33. The van der Waals surface area contributed by atoms with Gasteiger partial charge in [0.05, 0.1) is 27.7 Å². The van der Waals surface area contributed by atoms with Gasteiger partial charge in [-0.25, -0.2) is 15.0 Å². The number of aromatic nitrogens is 8. The van der Waals surface area contributed by atoms with Gasteiger partial charge in [-0.2, -0.15) is 5.10 Å². The van der Waals surface area contributed by atoms with Crippen molar-refractivity contribution in [2.75, 3.05) is 0 Å². The number of imidazole rings is 2. The van der Waals surface area contributed by atoms with E-state index in [4.69, 9.17) is 4.98 Å². The van der Waals surface area contributed by atoms with Crippen molar-refractivity contribution in [2.45, 2.75) is 6.92 Å². The summed E-state index contributed by atoms with van der Waals surface area (Å²) in [7, 11) is 2.00. The molecule has 6 aromatic heterocycles. The third-order valence-electron chi connectivity index (χ3n) is 5.32. The van der Waals surface area contributed by atoms with Crippen LogP contribution < -0.4 is 0 Å². The zero-order valence-electron chi connectivity index (χ0n) is 16.2. The zero-order chi connectivity index (χ0) is 20.2. The fourth-order valence-electron chi connectivity index (χ4n) is 3.64. The van der Waals surface area contributed by atoms with Crippen LogP contribution in [0.2, 0.25) is 0 Å². The second-order valence-corrected chi connectivity index (χ2v) is 8.01. The summed E-state index contributed by atoms with van der Waals surface area (Å²) in [6, 6.07) is 8.08. The summed E-state index contributed by atoms with van der Waals surface area (Å²) in [6.07, 6.45) is 5.48. The lowest BCUT2D eigenvalue weighted by atomic mass is 10.1. The van der Waals surface area contributed by atoms with E-state index in [-0.39, 0.29) is 0 Å². The summed E-state index contributed by atoms with van der Waals surface area (Å²) in [4.78, 5) is 22.8. The van der Waals surface area contributed by atoms with Gasteiger partial charge in [-0.3, -0.25) is 10.1 Å². The number of nitrogens with one attached hydrogen (secondary N) is 2.